The molecule has 0 aromatic carbocycles. The number of carbonyl (C=O) groups excluding carboxylic acids is 4. The van der Waals surface area contributed by atoms with Crippen LogP contribution in [0.3, 0.4) is 0 Å². The summed E-state index contributed by atoms with van der Waals surface area (Å²) in [6.45, 7) is 3.40. The number of nitrogens with zero attached hydrogens (tertiary/aromatic N) is 1. The van der Waals surface area contributed by atoms with Gasteiger partial charge in [-0.2, -0.15) is 0 Å². The highest BCUT2D eigenvalue weighted by Crippen LogP contribution is 2.32. The Hall–Kier alpha value is -2.07. The molecule has 8 nitrogen and oxygen atoms in total. The number of hydrogen-bond acceptors (Lipinski definition) is 8. The van der Waals surface area contributed by atoms with E-state index in [4.69, 9.17) is 9.47 Å². The Morgan fingerprint density at radius 1 is 1.28 bits per heavy atom. The summed E-state index contributed by atoms with van der Waals surface area (Å²) < 4.78 is 9.61. The molecule has 1 aromatic rings. The van der Waals surface area contributed by atoms with Gasteiger partial charge in [-0.05, 0) is 19.4 Å². The van der Waals surface area contributed by atoms with Crippen molar-refractivity contribution in [2.45, 2.75) is 13.8 Å². The Morgan fingerprint density at radius 3 is 2.60 bits per heavy atom. The molecule has 1 aliphatic heterocycles. The van der Waals surface area contributed by atoms with Crippen LogP contribution < -0.4 is 5.32 Å². The van der Waals surface area contributed by atoms with Gasteiger partial charge in [0.1, 0.15) is 11.5 Å². The molecule has 10 heteroatoms. The third-order valence-corrected chi connectivity index (χ3v) is 5.57. The first-order valence-corrected chi connectivity index (χ1v) is 9.19. The molecule has 0 bridgehead atoms. The summed E-state index contributed by atoms with van der Waals surface area (Å²) in [7, 11) is 1.26. The summed E-state index contributed by atoms with van der Waals surface area (Å²) in [6.07, 6.45) is 0. The highest BCUT2D eigenvalue weighted by molar-refractivity contribution is 8.13. The van der Waals surface area contributed by atoms with Gasteiger partial charge in [-0.25, -0.2) is 4.79 Å². The largest absolute Gasteiger partial charge is 0.465 e. The second-order valence-corrected chi connectivity index (χ2v) is 7.49. The Bertz CT molecular complexity index is 715. The number of hydrogen-bond donors (Lipinski definition) is 1. The number of ether oxygens (including phenoxy) is 2. The Morgan fingerprint density at radius 2 is 2.00 bits per heavy atom. The van der Waals surface area contributed by atoms with Crippen molar-refractivity contribution in [3.63, 3.8) is 0 Å². The van der Waals surface area contributed by atoms with Crippen molar-refractivity contribution < 1.29 is 28.7 Å². The van der Waals surface area contributed by atoms with Gasteiger partial charge in [-0.1, -0.05) is 11.8 Å². The second-order valence-electron chi connectivity index (χ2n) is 5.22. The molecular weight excluding hydrogens is 368 g/mol. The van der Waals surface area contributed by atoms with Gasteiger partial charge in [0.2, 0.25) is 0 Å². The Kier molecular flexibility index (Phi) is 6.43. The lowest BCUT2D eigenvalue weighted by Gasteiger charge is -2.13. The minimum atomic E-state index is -0.655. The van der Waals surface area contributed by atoms with E-state index in [1.54, 1.807) is 6.92 Å². The van der Waals surface area contributed by atoms with Gasteiger partial charge >= 0.3 is 11.9 Å². The number of carbonyl (C=O) groups is 4. The third kappa shape index (κ3) is 4.73. The van der Waals surface area contributed by atoms with Crippen LogP contribution >= 0.6 is 23.1 Å². The van der Waals surface area contributed by atoms with Gasteiger partial charge in [0, 0.05) is 17.2 Å². The van der Waals surface area contributed by atoms with E-state index in [2.05, 4.69) is 5.32 Å². The lowest BCUT2D eigenvalue weighted by molar-refractivity contribution is -0.147. The molecule has 1 saturated heterocycles. The quantitative estimate of drug-likeness (QED) is 0.744. The fourth-order valence-electron chi connectivity index (χ4n) is 2.14. The molecule has 2 heterocycles. The lowest BCUT2D eigenvalue weighted by Crippen LogP contribution is -2.32. The molecule has 2 amide bonds. The minimum Gasteiger partial charge on any atom is -0.465 e. The predicted octanol–water partition coefficient (Wildman–Crippen LogP) is 1.80. The molecule has 1 aromatic heterocycles. The molecule has 0 saturated carbocycles. The van der Waals surface area contributed by atoms with Crippen molar-refractivity contribution in [2.75, 3.05) is 37.9 Å². The smallest absolute Gasteiger partial charge is 0.341 e. The van der Waals surface area contributed by atoms with Crippen molar-refractivity contribution in [3.8, 4) is 0 Å². The third-order valence-electron chi connectivity index (χ3n) is 3.56. The van der Waals surface area contributed by atoms with Crippen LogP contribution in [0.15, 0.2) is 0 Å². The second kappa shape index (κ2) is 8.34. The lowest BCUT2D eigenvalue weighted by atomic mass is 10.1. The predicted molar refractivity (Wildman–Crippen MR) is 94.1 cm³/mol. The van der Waals surface area contributed by atoms with E-state index in [0.29, 0.717) is 22.9 Å². The summed E-state index contributed by atoms with van der Waals surface area (Å²) in [5, 5.41) is 2.75. The van der Waals surface area contributed by atoms with Gasteiger partial charge < -0.3 is 19.7 Å². The number of thioether (sulfide) groups is 1. The molecular formula is C15H18N2O6S2. The molecule has 136 valence electrons. The van der Waals surface area contributed by atoms with Crippen LogP contribution in [0.1, 0.15) is 20.8 Å². The average molecular weight is 386 g/mol. The van der Waals surface area contributed by atoms with Crippen molar-refractivity contribution >= 4 is 51.2 Å². The topological polar surface area (TPSA) is 102 Å². The Labute approximate surface area is 152 Å². The van der Waals surface area contributed by atoms with E-state index in [9.17, 15) is 19.2 Å². The number of thiophene rings is 1. The van der Waals surface area contributed by atoms with Crippen molar-refractivity contribution in [2.24, 2.45) is 0 Å². The normalized spacial score (nSPS) is 13.7. The number of anilines is 1. The van der Waals surface area contributed by atoms with Crippen LogP contribution in [0.2, 0.25) is 0 Å². The average Bonchev–Trinajstić information content (AvgIpc) is 3.08. The fraction of sp³-hybridized carbons (Fsp3) is 0.467. The molecule has 0 atom stereocenters. The monoisotopic (exact) mass is 386 g/mol. The molecule has 1 aliphatic rings. The summed E-state index contributed by atoms with van der Waals surface area (Å²) in [5.74, 6) is -1.13. The first-order valence-electron chi connectivity index (χ1n) is 7.39. The zero-order valence-electron chi connectivity index (χ0n) is 14.0. The molecule has 0 aliphatic carbocycles. The van der Waals surface area contributed by atoms with Crippen molar-refractivity contribution in [1.82, 2.24) is 4.90 Å². The van der Waals surface area contributed by atoms with Crippen LogP contribution in [0.4, 0.5) is 9.80 Å². The van der Waals surface area contributed by atoms with Crippen LogP contribution in [-0.4, -0.2) is 60.5 Å². The van der Waals surface area contributed by atoms with E-state index in [1.165, 1.54) is 23.3 Å². The minimum absolute atomic E-state index is 0.173. The molecule has 1 N–H and O–H groups in total. The summed E-state index contributed by atoms with van der Waals surface area (Å²) >= 11 is 2.39. The van der Waals surface area contributed by atoms with E-state index in [1.807, 2.05) is 6.92 Å². The van der Waals surface area contributed by atoms with Crippen LogP contribution in [0.5, 0.6) is 0 Å². The number of amides is 2. The first-order chi connectivity index (χ1) is 11.8. The molecule has 2 rings (SSSR count). The summed E-state index contributed by atoms with van der Waals surface area (Å²) in [4.78, 5) is 49.2. The first kappa shape index (κ1) is 19.3. The van der Waals surface area contributed by atoms with Crippen LogP contribution in [0.25, 0.3) is 0 Å². The number of rotatable bonds is 6. The highest BCUT2D eigenvalue weighted by atomic mass is 32.2. The maximum absolute atomic E-state index is 12.0. The van der Waals surface area contributed by atoms with Gasteiger partial charge in [0.15, 0.2) is 6.61 Å². The number of aryl methyl sites for hydroxylation is 1. The van der Waals surface area contributed by atoms with Crippen molar-refractivity contribution in [3.05, 3.63) is 16.0 Å². The maximum Gasteiger partial charge on any atom is 0.341 e. The summed E-state index contributed by atoms with van der Waals surface area (Å²) in [6, 6.07) is 0. The zero-order chi connectivity index (χ0) is 18.6. The van der Waals surface area contributed by atoms with E-state index in [-0.39, 0.29) is 11.8 Å². The molecule has 25 heavy (non-hydrogen) atoms. The SMILES string of the molecule is COC(=O)c1c(NC(=O)COC(=O)CN2CCSC2=O)sc(C)c1C. The standard InChI is InChI=1S/C15H18N2O6S2/c1-8-9(2)25-13(12(8)14(20)22-3)16-10(18)7-23-11(19)6-17-4-5-24-15(17)21/h4-7H2,1-3H3,(H,16,18). The zero-order valence-corrected chi connectivity index (χ0v) is 15.7. The fourth-order valence-corrected chi connectivity index (χ4v) is 4.03. The van der Waals surface area contributed by atoms with E-state index in [0.717, 1.165) is 22.2 Å². The molecule has 0 spiro atoms. The highest BCUT2D eigenvalue weighted by Gasteiger charge is 2.25. The van der Waals surface area contributed by atoms with Gasteiger partial charge in [0.05, 0.1) is 12.7 Å². The molecule has 0 radical (unpaired) electrons. The van der Waals surface area contributed by atoms with E-state index >= 15 is 0 Å². The van der Waals surface area contributed by atoms with Crippen molar-refractivity contribution in [1.29, 1.82) is 0 Å². The van der Waals surface area contributed by atoms with Crippen LogP contribution in [-0.2, 0) is 19.1 Å². The van der Waals surface area contributed by atoms with E-state index < -0.39 is 24.5 Å². The van der Waals surface area contributed by atoms with Crippen LogP contribution in [0, 0.1) is 13.8 Å². The number of nitrogens with one attached hydrogen (secondary N) is 1. The van der Waals surface area contributed by atoms with Gasteiger partial charge in [-0.3, -0.25) is 14.4 Å². The maximum atomic E-state index is 12.0. The van der Waals surface area contributed by atoms with Gasteiger partial charge in [0.25, 0.3) is 11.1 Å². The number of esters is 2. The van der Waals surface area contributed by atoms with Gasteiger partial charge in [-0.15, -0.1) is 11.3 Å². The Balaban J connectivity index is 1.90. The molecule has 0 unspecified atom stereocenters. The number of methoxy groups -OCH3 is 1. The summed E-state index contributed by atoms with van der Waals surface area (Å²) in [5.41, 5.74) is 1.03. The molecule has 1 fully saturated rings.